The van der Waals surface area contributed by atoms with Crippen LogP contribution in [0.2, 0.25) is 0 Å². The molecule has 0 fully saturated rings. The smallest absolute Gasteiger partial charge is 0.168 e. The summed E-state index contributed by atoms with van der Waals surface area (Å²) in [4.78, 5) is 1.18. The largest absolute Gasteiger partial charge is 0.475 e. The zero-order valence-corrected chi connectivity index (χ0v) is 17.4. The Kier molecular flexibility index (Phi) is 5.17. The summed E-state index contributed by atoms with van der Waals surface area (Å²) in [6, 6.07) is 42.1. The van der Waals surface area contributed by atoms with E-state index < -0.39 is 5.60 Å². The second-order valence-corrected chi connectivity index (χ2v) is 8.33. The van der Waals surface area contributed by atoms with Crippen LogP contribution in [-0.4, -0.2) is 5.75 Å². The molecule has 1 heterocycles. The van der Waals surface area contributed by atoms with Crippen molar-refractivity contribution in [1.82, 2.24) is 0 Å². The zero-order chi connectivity index (χ0) is 20.2. The molecule has 30 heavy (non-hydrogen) atoms. The molecule has 0 N–H and O–H groups in total. The van der Waals surface area contributed by atoms with Gasteiger partial charge in [-0.1, -0.05) is 121 Å². The van der Waals surface area contributed by atoms with Crippen LogP contribution in [0.25, 0.3) is 10.7 Å². The molecular formula is C28H22OS. The van der Waals surface area contributed by atoms with Gasteiger partial charge in [0.25, 0.3) is 0 Å². The topological polar surface area (TPSA) is 9.23 Å². The van der Waals surface area contributed by atoms with E-state index in [2.05, 4.69) is 115 Å². The maximum Gasteiger partial charge on any atom is 0.168 e. The summed E-state index contributed by atoms with van der Waals surface area (Å²) in [7, 11) is 0. The standard InChI is InChI=1S/C28H22OS/c1-5-13-22(14-6-1)26-27(23-15-7-2-8-16-23)30-21-28(29-26,24-17-9-3-10-18-24)25-19-11-4-12-20-25/h1-20H,21H2. The molecule has 0 aliphatic carbocycles. The third-order valence-electron chi connectivity index (χ3n) is 5.45. The Morgan fingerprint density at radius 1 is 0.533 bits per heavy atom. The van der Waals surface area contributed by atoms with Crippen LogP contribution in [0.3, 0.4) is 0 Å². The van der Waals surface area contributed by atoms with Crippen molar-refractivity contribution in [2.75, 3.05) is 5.75 Å². The molecule has 0 bridgehead atoms. The van der Waals surface area contributed by atoms with Crippen LogP contribution in [0.5, 0.6) is 0 Å². The van der Waals surface area contributed by atoms with Gasteiger partial charge in [0.15, 0.2) is 5.60 Å². The molecule has 1 aliphatic rings. The fraction of sp³-hybridized carbons (Fsp3) is 0.0714. The maximum atomic E-state index is 7.06. The highest BCUT2D eigenvalue weighted by Crippen LogP contribution is 2.51. The Hall–Kier alpha value is -3.23. The number of hydrogen-bond donors (Lipinski definition) is 0. The van der Waals surface area contributed by atoms with Gasteiger partial charge in [-0.2, -0.15) is 0 Å². The molecule has 4 aromatic rings. The van der Waals surface area contributed by atoms with Crippen molar-refractivity contribution in [1.29, 1.82) is 0 Å². The van der Waals surface area contributed by atoms with E-state index in [1.54, 1.807) is 0 Å². The molecule has 0 amide bonds. The lowest BCUT2D eigenvalue weighted by molar-refractivity contribution is 0.102. The summed E-state index contributed by atoms with van der Waals surface area (Å²) in [5.41, 5.74) is 4.08. The molecule has 5 rings (SSSR count). The molecule has 0 saturated heterocycles. The first-order chi connectivity index (χ1) is 14.9. The lowest BCUT2D eigenvalue weighted by Gasteiger charge is -2.40. The molecule has 1 nitrogen and oxygen atoms in total. The third-order valence-corrected chi connectivity index (χ3v) is 6.72. The van der Waals surface area contributed by atoms with Gasteiger partial charge in [0.1, 0.15) is 5.76 Å². The van der Waals surface area contributed by atoms with Crippen LogP contribution in [0, 0.1) is 0 Å². The highest BCUT2D eigenvalue weighted by atomic mass is 32.2. The van der Waals surface area contributed by atoms with Crippen molar-refractivity contribution >= 4 is 22.4 Å². The third kappa shape index (κ3) is 3.44. The molecular weight excluding hydrogens is 384 g/mol. The summed E-state index contributed by atoms with van der Waals surface area (Å²) in [5, 5.41) is 0. The van der Waals surface area contributed by atoms with Gasteiger partial charge in [-0.15, -0.1) is 11.8 Å². The highest BCUT2D eigenvalue weighted by molar-refractivity contribution is 8.08. The van der Waals surface area contributed by atoms with Crippen molar-refractivity contribution in [3.63, 3.8) is 0 Å². The average Bonchev–Trinajstić information content (AvgIpc) is 2.86. The van der Waals surface area contributed by atoms with Crippen LogP contribution in [0.15, 0.2) is 121 Å². The number of benzene rings is 4. The van der Waals surface area contributed by atoms with E-state index in [0.717, 1.165) is 17.1 Å². The van der Waals surface area contributed by atoms with Gasteiger partial charge in [-0.25, -0.2) is 0 Å². The normalized spacial score (nSPS) is 15.5. The Labute approximate surface area is 182 Å². The maximum absolute atomic E-state index is 7.06. The van der Waals surface area contributed by atoms with Crippen LogP contribution < -0.4 is 0 Å². The second-order valence-electron chi connectivity index (χ2n) is 7.34. The van der Waals surface area contributed by atoms with Crippen molar-refractivity contribution in [2.45, 2.75) is 5.60 Å². The van der Waals surface area contributed by atoms with Crippen LogP contribution in [0.4, 0.5) is 0 Å². The van der Waals surface area contributed by atoms with E-state index in [-0.39, 0.29) is 0 Å². The Morgan fingerprint density at radius 3 is 1.47 bits per heavy atom. The number of ether oxygens (including phenoxy) is 1. The number of hydrogen-bond acceptors (Lipinski definition) is 2. The first-order valence-electron chi connectivity index (χ1n) is 10.1. The van der Waals surface area contributed by atoms with Gasteiger partial charge in [0.05, 0.1) is 4.91 Å². The van der Waals surface area contributed by atoms with Crippen molar-refractivity contribution in [3.05, 3.63) is 144 Å². The molecule has 0 atom stereocenters. The first kappa shape index (κ1) is 18.8. The van der Waals surface area contributed by atoms with E-state index in [4.69, 9.17) is 4.74 Å². The Bertz CT molecular complexity index is 1100. The van der Waals surface area contributed by atoms with Gasteiger partial charge >= 0.3 is 0 Å². The summed E-state index contributed by atoms with van der Waals surface area (Å²) >= 11 is 1.87. The van der Waals surface area contributed by atoms with Gasteiger partial charge in [0.2, 0.25) is 0 Å². The lowest BCUT2D eigenvalue weighted by atomic mass is 9.87. The molecule has 0 aromatic heterocycles. The summed E-state index contributed by atoms with van der Waals surface area (Å²) in [5.74, 6) is 1.74. The first-order valence-corrected chi connectivity index (χ1v) is 11.1. The quantitative estimate of drug-likeness (QED) is 0.354. The van der Waals surface area contributed by atoms with E-state index in [9.17, 15) is 0 Å². The summed E-state index contributed by atoms with van der Waals surface area (Å²) < 4.78 is 7.06. The molecule has 146 valence electrons. The monoisotopic (exact) mass is 406 g/mol. The van der Waals surface area contributed by atoms with Crippen LogP contribution in [-0.2, 0) is 10.3 Å². The van der Waals surface area contributed by atoms with Gasteiger partial charge in [-0.05, 0) is 5.56 Å². The fourth-order valence-corrected chi connectivity index (χ4v) is 5.27. The predicted molar refractivity (Wildman–Crippen MR) is 127 cm³/mol. The number of thioether (sulfide) groups is 1. The number of rotatable bonds is 4. The molecule has 4 aromatic carbocycles. The minimum atomic E-state index is -0.545. The predicted octanol–water partition coefficient (Wildman–Crippen LogP) is 7.22. The van der Waals surface area contributed by atoms with Gasteiger partial charge in [0, 0.05) is 22.4 Å². The van der Waals surface area contributed by atoms with E-state index in [1.807, 2.05) is 17.8 Å². The minimum absolute atomic E-state index is 0.545. The Balaban J connectivity index is 1.72. The zero-order valence-electron chi connectivity index (χ0n) is 16.6. The molecule has 0 radical (unpaired) electrons. The summed E-state index contributed by atoms with van der Waals surface area (Å²) in [6.45, 7) is 0. The highest BCUT2D eigenvalue weighted by Gasteiger charge is 2.42. The van der Waals surface area contributed by atoms with Crippen LogP contribution in [0.1, 0.15) is 22.3 Å². The molecule has 0 spiro atoms. The van der Waals surface area contributed by atoms with E-state index >= 15 is 0 Å². The average molecular weight is 407 g/mol. The molecule has 0 saturated carbocycles. The Morgan fingerprint density at radius 2 is 0.967 bits per heavy atom. The van der Waals surface area contributed by atoms with Crippen molar-refractivity contribution in [3.8, 4) is 0 Å². The van der Waals surface area contributed by atoms with Crippen molar-refractivity contribution in [2.24, 2.45) is 0 Å². The lowest BCUT2D eigenvalue weighted by Crippen LogP contribution is -2.36. The minimum Gasteiger partial charge on any atom is -0.475 e. The second kappa shape index (κ2) is 8.25. The summed E-state index contributed by atoms with van der Waals surface area (Å²) in [6.07, 6.45) is 0. The van der Waals surface area contributed by atoms with Gasteiger partial charge < -0.3 is 4.74 Å². The van der Waals surface area contributed by atoms with Crippen LogP contribution >= 0.6 is 11.8 Å². The fourth-order valence-electron chi connectivity index (χ4n) is 3.94. The molecule has 2 heteroatoms. The molecule has 0 unspecified atom stereocenters. The SMILES string of the molecule is c1ccc(C2=C(c3ccccc3)SCC(c3ccccc3)(c3ccccc3)O2)cc1. The molecule has 1 aliphatic heterocycles. The van der Waals surface area contributed by atoms with Gasteiger partial charge in [-0.3, -0.25) is 0 Å². The van der Waals surface area contributed by atoms with E-state index in [1.165, 1.54) is 21.6 Å². The van der Waals surface area contributed by atoms with E-state index in [0.29, 0.717) is 0 Å². The van der Waals surface area contributed by atoms with Crippen molar-refractivity contribution < 1.29 is 4.74 Å².